The van der Waals surface area contributed by atoms with E-state index < -0.39 is 11.8 Å². The quantitative estimate of drug-likeness (QED) is 0.543. The van der Waals surface area contributed by atoms with Crippen molar-refractivity contribution in [2.24, 2.45) is 0 Å². The van der Waals surface area contributed by atoms with Crippen molar-refractivity contribution in [3.63, 3.8) is 0 Å². The number of hydrogen-bond acceptors (Lipinski definition) is 4. The predicted molar refractivity (Wildman–Crippen MR) is 53.1 cm³/mol. The van der Waals surface area contributed by atoms with E-state index >= 15 is 0 Å². The second-order valence-electron chi connectivity index (χ2n) is 3.55. The minimum atomic E-state index is -0.668. The van der Waals surface area contributed by atoms with E-state index in [9.17, 15) is 9.59 Å². The SMILES string of the molecule is CN(C)c1ccc2c(c1)C(=O)N(O)C2=O. The summed E-state index contributed by atoms with van der Waals surface area (Å²) in [6.45, 7) is 0. The van der Waals surface area contributed by atoms with Crippen LogP contribution >= 0.6 is 0 Å². The van der Waals surface area contributed by atoms with Crippen molar-refractivity contribution >= 4 is 17.5 Å². The van der Waals surface area contributed by atoms with Crippen molar-refractivity contribution < 1.29 is 14.8 Å². The van der Waals surface area contributed by atoms with Gasteiger partial charge in [0, 0.05) is 19.8 Å². The summed E-state index contributed by atoms with van der Waals surface area (Å²) in [6, 6.07) is 4.86. The number of benzene rings is 1. The van der Waals surface area contributed by atoms with E-state index in [1.54, 1.807) is 18.2 Å². The van der Waals surface area contributed by atoms with E-state index in [0.717, 1.165) is 5.69 Å². The molecular formula is C10H10N2O3. The summed E-state index contributed by atoms with van der Waals surface area (Å²) in [7, 11) is 3.67. The molecule has 0 atom stereocenters. The second kappa shape index (κ2) is 3.06. The first kappa shape index (κ1) is 9.67. The number of carbonyl (C=O) groups excluding carboxylic acids is 2. The molecule has 0 unspecified atom stereocenters. The van der Waals surface area contributed by atoms with Crippen LogP contribution < -0.4 is 4.90 Å². The lowest BCUT2D eigenvalue weighted by atomic mass is 10.1. The zero-order valence-corrected chi connectivity index (χ0v) is 8.39. The van der Waals surface area contributed by atoms with Crippen LogP contribution in [0, 0.1) is 0 Å². The molecule has 0 saturated heterocycles. The zero-order valence-electron chi connectivity index (χ0n) is 8.39. The van der Waals surface area contributed by atoms with E-state index in [1.165, 1.54) is 0 Å². The minimum Gasteiger partial charge on any atom is -0.378 e. The Labute approximate surface area is 86.5 Å². The van der Waals surface area contributed by atoms with Crippen LogP contribution in [0.3, 0.4) is 0 Å². The number of anilines is 1. The van der Waals surface area contributed by atoms with Gasteiger partial charge in [0.2, 0.25) is 0 Å². The highest BCUT2D eigenvalue weighted by Crippen LogP contribution is 2.25. The van der Waals surface area contributed by atoms with Crippen LogP contribution in [0.4, 0.5) is 5.69 Å². The van der Waals surface area contributed by atoms with Crippen molar-refractivity contribution in [2.45, 2.75) is 0 Å². The van der Waals surface area contributed by atoms with Gasteiger partial charge in [-0.15, -0.1) is 5.06 Å². The molecule has 0 aromatic heterocycles. The van der Waals surface area contributed by atoms with Gasteiger partial charge in [-0.25, -0.2) is 0 Å². The van der Waals surface area contributed by atoms with Gasteiger partial charge in [0.1, 0.15) is 0 Å². The van der Waals surface area contributed by atoms with Crippen LogP contribution in [-0.4, -0.2) is 36.2 Å². The van der Waals surface area contributed by atoms with E-state index in [0.29, 0.717) is 0 Å². The second-order valence-corrected chi connectivity index (χ2v) is 3.55. The van der Waals surface area contributed by atoms with Gasteiger partial charge in [-0.3, -0.25) is 14.8 Å². The summed E-state index contributed by atoms with van der Waals surface area (Å²) in [5.74, 6) is -1.33. The lowest BCUT2D eigenvalue weighted by Gasteiger charge is -2.12. The average Bonchev–Trinajstić information content (AvgIpc) is 2.44. The summed E-state index contributed by atoms with van der Waals surface area (Å²) in [5, 5.41) is 9.28. The molecule has 1 aromatic rings. The van der Waals surface area contributed by atoms with Gasteiger partial charge in [0.05, 0.1) is 11.1 Å². The summed E-state index contributed by atoms with van der Waals surface area (Å²) < 4.78 is 0. The Balaban J connectivity index is 2.57. The number of imide groups is 1. The molecule has 1 heterocycles. The van der Waals surface area contributed by atoms with Gasteiger partial charge in [-0.2, -0.15) is 0 Å². The molecule has 1 N–H and O–H groups in total. The molecule has 0 bridgehead atoms. The normalized spacial score (nSPS) is 14.5. The van der Waals surface area contributed by atoms with Crippen LogP contribution in [0.15, 0.2) is 18.2 Å². The maximum absolute atomic E-state index is 11.4. The van der Waals surface area contributed by atoms with Gasteiger partial charge >= 0.3 is 0 Å². The summed E-state index contributed by atoms with van der Waals surface area (Å²) in [4.78, 5) is 24.6. The molecule has 0 radical (unpaired) electrons. The van der Waals surface area contributed by atoms with Crippen molar-refractivity contribution in [2.75, 3.05) is 19.0 Å². The van der Waals surface area contributed by atoms with E-state index in [-0.39, 0.29) is 16.2 Å². The Bertz CT molecular complexity index is 454. The summed E-state index contributed by atoms with van der Waals surface area (Å²) >= 11 is 0. The van der Waals surface area contributed by atoms with Gasteiger partial charge in [0.15, 0.2) is 0 Å². The van der Waals surface area contributed by atoms with E-state index in [1.807, 2.05) is 19.0 Å². The fraction of sp³-hybridized carbons (Fsp3) is 0.200. The van der Waals surface area contributed by atoms with Crippen molar-refractivity contribution in [3.05, 3.63) is 29.3 Å². The lowest BCUT2D eigenvalue weighted by Crippen LogP contribution is -2.25. The maximum Gasteiger partial charge on any atom is 0.285 e. The Morgan fingerprint density at radius 1 is 1.13 bits per heavy atom. The number of hydrogen-bond donors (Lipinski definition) is 1. The molecule has 1 aromatic carbocycles. The number of carbonyl (C=O) groups is 2. The minimum absolute atomic E-state index is 0.143. The van der Waals surface area contributed by atoms with Crippen molar-refractivity contribution in [1.82, 2.24) is 5.06 Å². The third-order valence-electron chi connectivity index (χ3n) is 2.37. The molecule has 0 spiro atoms. The Hall–Kier alpha value is -1.88. The number of amides is 2. The van der Waals surface area contributed by atoms with Crippen LogP contribution in [0.2, 0.25) is 0 Å². The van der Waals surface area contributed by atoms with Gasteiger partial charge in [-0.1, -0.05) is 0 Å². The van der Waals surface area contributed by atoms with E-state index in [4.69, 9.17) is 5.21 Å². The third-order valence-corrected chi connectivity index (χ3v) is 2.37. The lowest BCUT2D eigenvalue weighted by molar-refractivity contribution is -0.0327. The molecule has 2 rings (SSSR count). The molecule has 0 saturated carbocycles. The molecule has 0 aliphatic carbocycles. The topological polar surface area (TPSA) is 60.9 Å². The molecular weight excluding hydrogens is 196 g/mol. The van der Waals surface area contributed by atoms with Crippen molar-refractivity contribution in [3.8, 4) is 0 Å². The van der Waals surface area contributed by atoms with Crippen LogP contribution in [0.25, 0.3) is 0 Å². The van der Waals surface area contributed by atoms with Crippen LogP contribution in [-0.2, 0) is 0 Å². The average molecular weight is 206 g/mol. The predicted octanol–water partition coefficient (Wildman–Crippen LogP) is 0.738. The van der Waals surface area contributed by atoms with Gasteiger partial charge < -0.3 is 4.90 Å². The smallest absolute Gasteiger partial charge is 0.285 e. The van der Waals surface area contributed by atoms with Crippen LogP contribution in [0.5, 0.6) is 0 Å². The molecule has 1 aliphatic rings. The van der Waals surface area contributed by atoms with Crippen molar-refractivity contribution in [1.29, 1.82) is 0 Å². The van der Waals surface area contributed by atoms with Crippen LogP contribution in [0.1, 0.15) is 20.7 Å². The Morgan fingerprint density at radius 2 is 1.73 bits per heavy atom. The highest BCUT2D eigenvalue weighted by molar-refractivity contribution is 6.20. The monoisotopic (exact) mass is 206 g/mol. The number of nitrogens with zero attached hydrogens (tertiary/aromatic N) is 2. The fourth-order valence-corrected chi connectivity index (χ4v) is 1.49. The molecule has 0 fully saturated rings. The first-order valence-electron chi connectivity index (χ1n) is 4.41. The highest BCUT2D eigenvalue weighted by atomic mass is 16.5. The third kappa shape index (κ3) is 1.28. The molecule has 2 amide bonds. The number of fused-ring (bicyclic) bond motifs is 1. The van der Waals surface area contributed by atoms with E-state index in [2.05, 4.69) is 0 Å². The highest BCUT2D eigenvalue weighted by Gasteiger charge is 2.34. The summed E-state index contributed by atoms with van der Waals surface area (Å²) in [6.07, 6.45) is 0. The maximum atomic E-state index is 11.4. The molecule has 78 valence electrons. The first-order chi connectivity index (χ1) is 7.02. The molecule has 5 nitrogen and oxygen atoms in total. The number of rotatable bonds is 1. The number of hydroxylamine groups is 2. The molecule has 1 aliphatic heterocycles. The largest absolute Gasteiger partial charge is 0.378 e. The zero-order chi connectivity index (χ0) is 11.2. The fourth-order valence-electron chi connectivity index (χ4n) is 1.49. The standard InChI is InChI=1S/C10H10N2O3/c1-11(2)6-3-4-7-8(5-6)10(14)12(15)9(7)13/h3-5,15H,1-2H3. The molecule has 5 heteroatoms. The molecule has 15 heavy (non-hydrogen) atoms. The van der Waals surface area contributed by atoms with Gasteiger partial charge in [-0.05, 0) is 18.2 Å². The summed E-state index contributed by atoms with van der Waals surface area (Å²) in [5.41, 5.74) is 1.30. The van der Waals surface area contributed by atoms with Gasteiger partial charge in [0.25, 0.3) is 11.8 Å². The first-order valence-corrected chi connectivity index (χ1v) is 4.41. The Morgan fingerprint density at radius 3 is 2.33 bits per heavy atom. The Kier molecular flexibility index (Phi) is 1.97.